The Morgan fingerprint density at radius 2 is 2.35 bits per heavy atom. The molecule has 2 aromatic heterocycles. The van der Waals surface area contributed by atoms with Crippen LogP contribution in [0.2, 0.25) is 0 Å². The number of rotatable bonds is 2. The van der Waals surface area contributed by atoms with Crippen molar-refractivity contribution in [3.8, 4) is 10.6 Å². The van der Waals surface area contributed by atoms with E-state index in [2.05, 4.69) is 20.1 Å². The number of thiazole rings is 1. The van der Waals surface area contributed by atoms with E-state index >= 15 is 0 Å². The molecule has 0 saturated heterocycles. The number of hydrogen-bond donors (Lipinski definition) is 1. The van der Waals surface area contributed by atoms with E-state index < -0.39 is 0 Å². The molecule has 5 nitrogen and oxygen atoms in total. The van der Waals surface area contributed by atoms with Crippen LogP contribution in [0.3, 0.4) is 0 Å². The molecule has 20 heavy (non-hydrogen) atoms. The quantitative estimate of drug-likeness (QED) is 0.925. The summed E-state index contributed by atoms with van der Waals surface area (Å²) in [6.07, 6.45) is 5.69. The Hall–Kier alpha value is -1.34. The molecule has 1 aliphatic carbocycles. The Labute approximate surface area is 124 Å². The van der Waals surface area contributed by atoms with Crippen molar-refractivity contribution in [2.45, 2.75) is 42.9 Å². The van der Waals surface area contributed by atoms with Gasteiger partial charge in [0.05, 0.1) is 33.4 Å². The van der Waals surface area contributed by atoms with E-state index in [-0.39, 0.29) is 5.91 Å². The lowest BCUT2D eigenvalue weighted by Crippen LogP contribution is -2.19. The molecule has 0 spiro atoms. The van der Waals surface area contributed by atoms with Crippen LogP contribution >= 0.6 is 23.1 Å². The first-order valence-electron chi connectivity index (χ1n) is 6.70. The molecule has 1 N–H and O–H groups in total. The molecule has 1 amide bonds. The summed E-state index contributed by atoms with van der Waals surface area (Å²) in [6, 6.07) is 0.539. The molecule has 4 rings (SSSR count). The minimum atomic E-state index is -0.0727. The molecule has 2 aliphatic rings. The number of carbonyl (C=O) groups excluding carboxylic acids is 1. The van der Waals surface area contributed by atoms with Gasteiger partial charge in [-0.15, -0.1) is 11.8 Å². The summed E-state index contributed by atoms with van der Waals surface area (Å²) in [5.41, 5.74) is 2.27. The van der Waals surface area contributed by atoms with Crippen molar-refractivity contribution in [2.75, 3.05) is 5.32 Å². The Bertz CT molecular complexity index is 687. The highest BCUT2D eigenvalue weighted by molar-refractivity contribution is 7.98. The predicted octanol–water partition coefficient (Wildman–Crippen LogP) is 3.30. The fourth-order valence-electron chi connectivity index (χ4n) is 2.56. The van der Waals surface area contributed by atoms with Crippen molar-refractivity contribution in [3.63, 3.8) is 0 Å². The monoisotopic (exact) mass is 306 g/mol. The lowest BCUT2D eigenvalue weighted by atomic mass is 9.93. The van der Waals surface area contributed by atoms with Crippen LogP contribution in [0, 0.1) is 0 Å². The third-order valence-electron chi connectivity index (χ3n) is 3.74. The number of nitrogens with one attached hydrogen (secondary N) is 1. The Balaban J connectivity index is 1.78. The molecule has 0 unspecified atom stereocenters. The van der Waals surface area contributed by atoms with Crippen molar-refractivity contribution < 1.29 is 4.79 Å². The number of fused-ring (bicyclic) bond motifs is 3. The molecule has 104 valence electrons. The SMILES string of the molecule is CC(=O)Nc1nc2c(s1)-c1c(cnn1C1CCC1)SC2. The second-order valence-corrected chi connectivity index (χ2v) is 7.17. The van der Waals surface area contributed by atoms with Crippen molar-refractivity contribution in [2.24, 2.45) is 0 Å². The zero-order chi connectivity index (χ0) is 13.7. The van der Waals surface area contributed by atoms with Crippen molar-refractivity contribution >= 4 is 34.1 Å². The van der Waals surface area contributed by atoms with E-state index in [1.54, 1.807) is 23.1 Å². The average Bonchev–Trinajstić information content (AvgIpc) is 2.89. The highest BCUT2D eigenvalue weighted by Crippen LogP contribution is 2.47. The van der Waals surface area contributed by atoms with Gasteiger partial charge in [0.2, 0.25) is 5.91 Å². The highest BCUT2D eigenvalue weighted by Gasteiger charge is 2.30. The molecule has 0 bridgehead atoms. The summed E-state index contributed by atoms with van der Waals surface area (Å²) >= 11 is 3.34. The maximum atomic E-state index is 11.2. The van der Waals surface area contributed by atoms with E-state index in [1.807, 2.05) is 6.20 Å². The number of amides is 1. The summed E-state index contributed by atoms with van der Waals surface area (Å²) in [5.74, 6) is 0.783. The molecule has 0 aromatic carbocycles. The van der Waals surface area contributed by atoms with Gasteiger partial charge >= 0.3 is 0 Å². The third kappa shape index (κ3) is 1.88. The number of nitrogens with zero attached hydrogens (tertiary/aromatic N) is 3. The summed E-state index contributed by atoms with van der Waals surface area (Å²) in [5, 5.41) is 8.06. The van der Waals surface area contributed by atoms with Crippen LogP contribution in [0.15, 0.2) is 11.1 Å². The summed E-state index contributed by atoms with van der Waals surface area (Å²) in [7, 11) is 0. The minimum absolute atomic E-state index is 0.0727. The van der Waals surface area contributed by atoms with Gasteiger partial charge < -0.3 is 5.32 Å². The number of carbonyl (C=O) groups is 1. The molecule has 1 fully saturated rings. The van der Waals surface area contributed by atoms with Crippen molar-refractivity contribution in [1.82, 2.24) is 14.8 Å². The lowest BCUT2D eigenvalue weighted by Gasteiger charge is -2.28. The zero-order valence-corrected chi connectivity index (χ0v) is 12.7. The average molecular weight is 306 g/mol. The molecular formula is C13H14N4OS2. The Morgan fingerprint density at radius 3 is 3.05 bits per heavy atom. The number of anilines is 1. The molecule has 0 radical (unpaired) electrons. The van der Waals surface area contributed by atoms with E-state index in [0.717, 1.165) is 11.4 Å². The maximum Gasteiger partial charge on any atom is 0.223 e. The maximum absolute atomic E-state index is 11.2. The second-order valence-electron chi connectivity index (χ2n) is 5.15. The van der Waals surface area contributed by atoms with Gasteiger partial charge in [-0.1, -0.05) is 11.3 Å². The smallest absolute Gasteiger partial charge is 0.223 e. The van der Waals surface area contributed by atoms with Gasteiger partial charge in [0.25, 0.3) is 0 Å². The summed E-state index contributed by atoms with van der Waals surface area (Å²) < 4.78 is 2.17. The summed E-state index contributed by atoms with van der Waals surface area (Å²) in [4.78, 5) is 18.1. The van der Waals surface area contributed by atoms with Crippen molar-refractivity contribution in [3.05, 3.63) is 11.9 Å². The van der Waals surface area contributed by atoms with Gasteiger partial charge in [-0.2, -0.15) is 5.10 Å². The van der Waals surface area contributed by atoms with Gasteiger partial charge in [-0.05, 0) is 19.3 Å². The van der Waals surface area contributed by atoms with Gasteiger partial charge in [-0.3, -0.25) is 9.48 Å². The third-order valence-corrected chi connectivity index (χ3v) is 5.79. The number of aromatic nitrogens is 3. The van der Waals surface area contributed by atoms with Crippen LogP contribution in [-0.2, 0) is 10.5 Å². The highest BCUT2D eigenvalue weighted by atomic mass is 32.2. The molecule has 1 saturated carbocycles. The first kappa shape index (κ1) is 12.4. The van der Waals surface area contributed by atoms with Gasteiger partial charge in [-0.25, -0.2) is 4.98 Å². The second kappa shape index (κ2) is 4.60. The van der Waals surface area contributed by atoms with E-state index in [1.165, 1.54) is 41.7 Å². The van der Waals surface area contributed by atoms with Crippen LogP contribution in [0.4, 0.5) is 5.13 Å². The largest absolute Gasteiger partial charge is 0.302 e. The fourth-order valence-corrected chi connectivity index (χ4v) is 4.75. The van der Waals surface area contributed by atoms with Crippen LogP contribution in [0.5, 0.6) is 0 Å². The van der Waals surface area contributed by atoms with Crippen LogP contribution in [0.25, 0.3) is 10.6 Å². The van der Waals surface area contributed by atoms with E-state index in [9.17, 15) is 4.79 Å². The zero-order valence-electron chi connectivity index (χ0n) is 11.0. The molecular weight excluding hydrogens is 292 g/mol. The van der Waals surface area contributed by atoms with Crippen LogP contribution < -0.4 is 5.32 Å². The molecule has 1 aliphatic heterocycles. The Morgan fingerprint density at radius 1 is 1.50 bits per heavy atom. The first-order chi connectivity index (χ1) is 9.72. The fraction of sp³-hybridized carbons (Fsp3) is 0.462. The van der Waals surface area contributed by atoms with E-state index in [0.29, 0.717) is 11.2 Å². The molecule has 2 aromatic rings. The lowest BCUT2D eigenvalue weighted by molar-refractivity contribution is -0.114. The van der Waals surface area contributed by atoms with Gasteiger partial charge in [0.15, 0.2) is 5.13 Å². The number of hydrogen-bond acceptors (Lipinski definition) is 5. The number of thioether (sulfide) groups is 1. The van der Waals surface area contributed by atoms with Crippen LogP contribution in [-0.4, -0.2) is 20.7 Å². The standard InChI is InChI=1S/C13H14N4OS2/c1-7(18)15-13-16-9-6-19-10-5-14-17(8-3-2-4-8)11(10)12(9)20-13/h5,8H,2-4,6H2,1H3,(H,15,16,18). The predicted molar refractivity (Wildman–Crippen MR) is 80.1 cm³/mol. The minimum Gasteiger partial charge on any atom is -0.302 e. The first-order valence-corrected chi connectivity index (χ1v) is 8.50. The topological polar surface area (TPSA) is 59.8 Å². The van der Waals surface area contributed by atoms with Gasteiger partial charge in [0.1, 0.15) is 0 Å². The Kier molecular flexibility index (Phi) is 2.85. The summed E-state index contributed by atoms with van der Waals surface area (Å²) in [6.45, 7) is 1.51. The molecule has 3 heterocycles. The van der Waals surface area contributed by atoms with Gasteiger partial charge in [0, 0.05) is 12.7 Å². The normalized spacial score (nSPS) is 17.2. The molecule has 0 atom stereocenters. The van der Waals surface area contributed by atoms with Crippen molar-refractivity contribution in [1.29, 1.82) is 0 Å². The molecule has 7 heteroatoms. The van der Waals surface area contributed by atoms with Crippen LogP contribution in [0.1, 0.15) is 37.9 Å². The van der Waals surface area contributed by atoms with E-state index in [4.69, 9.17) is 0 Å².